The molecule has 1 unspecified atom stereocenters. The number of nitrogens with one attached hydrogen (secondary N) is 3. The molecule has 5 amide bonds. The van der Waals surface area contributed by atoms with E-state index in [2.05, 4.69) is 16.0 Å². The van der Waals surface area contributed by atoms with Gasteiger partial charge in [-0.1, -0.05) is 6.07 Å². The fourth-order valence-electron chi connectivity index (χ4n) is 2.97. The lowest BCUT2D eigenvalue weighted by Crippen LogP contribution is -2.54. The van der Waals surface area contributed by atoms with E-state index >= 15 is 0 Å². The minimum Gasteiger partial charge on any atom is -0.324 e. The number of fused-ring (bicyclic) bond motifs is 1. The van der Waals surface area contributed by atoms with Crippen LogP contribution in [0.1, 0.15) is 33.6 Å². The van der Waals surface area contributed by atoms with E-state index in [-0.39, 0.29) is 799 Å². The molecule has 1 aromatic carbocycles. The number of benzene rings is 1. The van der Waals surface area contributed by atoms with Gasteiger partial charge < -0.3 is 10.6 Å². The lowest BCUT2D eigenvalue weighted by Gasteiger charge is -2.27. The average molecular weight is 2570 g/mol. The van der Waals surface area contributed by atoms with Crippen LogP contribution in [-0.2, 0) is 14.4 Å². The highest BCUT2D eigenvalue weighted by Gasteiger charge is 2.45. The van der Waals surface area contributed by atoms with Gasteiger partial charge in [-0.05, 0) is 25.6 Å². The molecule has 1 aromatic rings. The van der Waals surface area contributed by atoms with Crippen molar-refractivity contribution in [2.45, 2.75) is 18.9 Å². The van der Waals surface area contributed by atoms with Crippen molar-refractivity contribution < 1.29 is 24.0 Å². The Morgan fingerprint density at radius 2 is 0.593 bits per heavy atom. The van der Waals surface area contributed by atoms with Gasteiger partial charge in [0.15, 0.2) is 0 Å². The van der Waals surface area contributed by atoms with Crippen molar-refractivity contribution >= 4 is 792 Å². The number of piperidine rings is 1. The van der Waals surface area contributed by atoms with Gasteiger partial charge in [0.1, 0.15) is 6.04 Å². The second-order valence-corrected chi connectivity index (χ2v) is 5.75. The fraction of sp³-hybridized carbons (Fsp3) is 0.312. The largest absolute Gasteiger partial charge is 0.324 e. The van der Waals surface area contributed by atoms with E-state index in [0.717, 1.165) is 4.90 Å². The second-order valence-electron chi connectivity index (χ2n) is 5.75. The van der Waals surface area contributed by atoms with Crippen LogP contribution in [0, 0.1) is 0 Å². The summed E-state index contributed by atoms with van der Waals surface area (Å²) in [6, 6.07) is 3.50. The van der Waals surface area contributed by atoms with Crippen molar-refractivity contribution in [3.63, 3.8) is 0 Å². The summed E-state index contributed by atoms with van der Waals surface area (Å²) in [5, 5.41) is 7.40. The minimum atomic E-state index is -1.04. The first-order chi connectivity index (χ1) is 11.9. The molecule has 1 atom stereocenters. The first-order valence-electron chi connectivity index (χ1n) is 7.73. The molecular weight excluding hydrogens is 2490 g/mol. The number of imide groups is 2. The molecule has 9 nitrogen and oxygen atoms in total. The van der Waals surface area contributed by atoms with E-state index in [1.54, 1.807) is 13.1 Å². The van der Waals surface area contributed by atoms with Gasteiger partial charge in [-0.2, -0.15) is 0 Å². The molecule has 3 N–H and O–H groups in total. The van der Waals surface area contributed by atoms with E-state index < -0.39 is 29.7 Å². The van der Waals surface area contributed by atoms with Crippen molar-refractivity contribution in [1.82, 2.24) is 15.5 Å². The smallest absolute Gasteiger partial charge is 0.264 e. The number of carbonyl (C=O) groups is 5. The molecule has 0 radical (unpaired) electrons. The molecule has 0 spiro atoms. The molecule has 2 heterocycles. The predicted molar refractivity (Wildman–Crippen MR) is 528 cm³/mol. The Labute approximate surface area is 884 Å². The highest BCUT2D eigenvalue weighted by Crippen LogP contribution is 2.32. The van der Waals surface area contributed by atoms with Gasteiger partial charge in [0.05, 0.1) is 23.4 Å². The monoisotopic (exact) mass is 2540 g/mol. The molecule has 0 saturated carbocycles. The van der Waals surface area contributed by atoms with E-state index in [9.17, 15) is 24.0 Å². The average Bonchev–Trinajstić information content (AvgIpc) is 2.81. The number of hydrogen-bond donors (Lipinski definition) is 3. The molecule has 0 aromatic heterocycles. The third-order valence-corrected chi connectivity index (χ3v) is 4.08. The molecule has 3 rings (SSSR count). The summed E-state index contributed by atoms with van der Waals surface area (Å²) < 4.78 is 0. The molecule has 618 valence electrons. The molecule has 70 heteroatoms. The normalized spacial score (nSPS) is 5.73. The lowest BCUT2D eigenvalue weighted by atomic mass is 10.0. The summed E-state index contributed by atoms with van der Waals surface area (Å²) in [5.41, 5.74) is 0.393. The first-order valence-corrected chi connectivity index (χ1v) is 7.73. The highest BCUT2D eigenvalue weighted by atomic mass is 35.5. The highest BCUT2D eigenvalue weighted by molar-refractivity contribution is 6.26. The molecule has 86 heavy (non-hydrogen) atoms. The standard InChI is InChI=1S/C16H16N4O5.61ClH/c1-17-7-12(22)18-9-4-2-3-8-13(9)16(25)20(15(8)24)10-5-6-11(21)19-14(10)23;;;;;;;;;;;;;;;;;;;;;;;;;;;;;;;;;;;;;;;;;;;;;;;;;;;;;;;;;;;;;/h2-4,10,17H,5-7H2,1H3,(H,18,22)(H,19,21,23);61*1H. The topological polar surface area (TPSA) is 125 Å². The molecule has 0 bridgehead atoms. The number of nitrogens with zero attached hydrogens (tertiary/aromatic N) is 1. The number of amides is 5. The van der Waals surface area contributed by atoms with Crippen LogP contribution >= 0.6 is 757 Å². The number of halogens is 61. The molecule has 2 aliphatic heterocycles. The van der Waals surface area contributed by atoms with Crippen molar-refractivity contribution in [2.24, 2.45) is 0 Å². The Bertz CT molecular complexity index is 879. The maximum Gasteiger partial charge on any atom is 0.264 e. The Morgan fingerprint density at radius 3 is 0.791 bits per heavy atom. The van der Waals surface area contributed by atoms with Crippen LogP contribution in [0.4, 0.5) is 5.69 Å². The summed E-state index contributed by atoms with van der Waals surface area (Å²) in [6.07, 6.45) is 0.132. The van der Waals surface area contributed by atoms with Gasteiger partial charge in [-0.15, -0.1) is 757 Å². The zero-order chi connectivity index (χ0) is 18.1. The predicted octanol–water partition coefficient (Wildman–Crippen LogP) is 25.0. The van der Waals surface area contributed by atoms with Crippen LogP contribution in [0.15, 0.2) is 18.2 Å². The van der Waals surface area contributed by atoms with Gasteiger partial charge >= 0.3 is 0 Å². The molecule has 2 aliphatic rings. The third kappa shape index (κ3) is 200. The number of anilines is 1. The number of hydrogen-bond acceptors (Lipinski definition) is 6. The Hall–Kier alpha value is 14.6. The summed E-state index contributed by atoms with van der Waals surface area (Å²) >= 11 is 0. The fourth-order valence-corrected chi connectivity index (χ4v) is 2.97. The molecule has 0 aliphatic carbocycles. The Morgan fingerprint density at radius 1 is 0.372 bits per heavy atom. The molecular formula is C16H77Cl61N4O5. The van der Waals surface area contributed by atoms with Crippen molar-refractivity contribution in [3.8, 4) is 0 Å². The van der Waals surface area contributed by atoms with Gasteiger partial charge in [0, 0.05) is 6.42 Å². The first kappa shape index (κ1) is 576. The van der Waals surface area contributed by atoms with Crippen molar-refractivity contribution in [2.75, 3.05) is 18.9 Å². The van der Waals surface area contributed by atoms with Crippen molar-refractivity contribution in [1.29, 1.82) is 0 Å². The zero-order valence-electron chi connectivity index (χ0n) is 38.3. The maximum absolute atomic E-state index is 12.8. The summed E-state index contributed by atoms with van der Waals surface area (Å²) in [6.45, 7) is 0.0443. The number of rotatable bonds is 4. The van der Waals surface area contributed by atoms with Crippen LogP contribution in [-0.4, -0.2) is 54.1 Å². The van der Waals surface area contributed by atoms with Gasteiger partial charge in [-0.25, -0.2) is 0 Å². The van der Waals surface area contributed by atoms with E-state index in [4.69, 9.17) is 0 Å². The SMILES string of the molecule is CNCC(=O)Nc1cccc2c1C(=O)N(C1CCC(=O)NC1=O)C2=O.Cl.Cl.Cl.Cl.Cl.Cl.Cl.Cl.Cl.Cl.Cl.Cl.Cl.Cl.Cl.Cl.Cl.Cl.Cl.Cl.Cl.Cl.Cl.Cl.Cl.Cl.Cl.Cl.Cl.Cl.Cl.Cl.Cl.Cl.Cl.Cl.Cl.Cl.Cl.Cl.Cl.Cl.Cl.Cl.Cl.Cl.Cl.Cl.Cl.Cl.Cl.Cl.Cl.Cl.Cl.Cl.Cl.Cl.Cl.Cl.Cl. The van der Waals surface area contributed by atoms with Gasteiger partial charge in [0.25, 0.3) is 11.8 Å². The quantitative estimate of drug-likeness (QED) is 0.258. The Kier molecular flexibility index (Phi) is 2260. The lowest BCUT2D eigenvalue weighted by molar-refractivity contribution is -0.136. The summed E-state index contributed by atoms with van der Waals surface area (Å²) in [7, 11) is 1.61. The second kappa shape index (κ2) is 337. The van der Waals surface area contributed by atoms with Crippen molar-refractivity contribution in [3.05, 3.63) is 29.3 Å². The maximum atomic E-state index is 12.8. The van der Waals surface area contributed by atoms with Crippen LogP contribution in [0.5, 0.6) is 0 Å². The number of likely N-dealkylation sites (N-methyl/N-ethyl adjacent to an activating group) is 1. The molecule has 1 fully saturated rings. The van der Waals surface area contributed by atoms with E-state index in [1.165, 1.54) is 12.1 Å². The van der Waals surface area contributed by atoms with Crippen LogP contribution in [0.25, 0.3) is 0 Å². The molecule has 1 saturated heterocycles. The Balaban J connectivity index is -0.00000000210. The van der Waals surface area contributed by atoms with E-state index in [1.807, 2.05) is 0 Å². The summed E-state index contributed by atoms with van der Waals surface area (Å²) in [4.78, 5) is 61.3. The van der Waals surface area contributed by atoms with Gasteiger partial charge in [-0.3, -0.25) is 34.2 Å². The third-order valence-electron chi connectivity index (χ3n) is 4.08. The van der Waals surface area contributed by atoms with Crippen LogP contribution in [0.3, 0.4) is 0 Å². The zero-order valence-corrected chi connectivity index (χ0v) is 88.1. The summed E-state index contributed by atoms with van der Waals surface area (Å²) in [5.74, 6) is -2.74. The van der Waals surface area contributed by atoms with Crippen LogP contribution < -0.4 is 16.0 Å². The van der Waals surface area contributed by atoms with Crippen LogP contribution in [0.2, 0.25) is 0 Å². The van der Waals surface area contributed by atoms with Gasteiger partial charge in [0.2, 0.25) is 17.7 Å². The number of carbonyl (C=O) groups excluding carboxylic acids is 5. The minimum absolute atomic E-state index is 0. The van der Waals surface area contributed by atoms with E-state index in [0.29, 0.717) is 0 Å².